The molecule has 0 amide bonds. The van der Waals surface area contributed by atoms with Crippen LogP contribution in [0, 0.1) is 0 Å². The molecule has 0 aliphatic carbocycles. The SMILES string of the molecule is COc1ccc(-c2ncoc2CC(=O)O)cc1. The molecule has 2 rings (SSSR count). The van der Waals surface area contributed by atoms with Gasteiger partial charge in [0.2, 0.25) is 0 Å². The molecule has 0 unspecified atom stereocenters. The first-order valence-corrected chi connectivity index (χ1v) is 4.99. The summed E-state index contributed by atoms with van der Waals surface area (Å²) in [6.45, 7) is 0. The summed E-state index contributed by atoms with van der Waals surface area (Å²) in [4.78, 5) is 14.7. The molecule has 0 bridgehead atoms. The van der Waals surface area contributed by atoms with E-state index in [0.717, 1.165) is 11.3 Å². The highest BCUT2D eigenvalue weighted by Gasteiger charge is 2.13. The molecule has 1 N–H and O–H groups in total. The first-order valence-electron chi connectivity index (χ1n) is 4.99. The number of carboxylic acids is 1. The molecule has 88 valence electrons. The summed E-state index contributed by atoms with van der Waals surface area (Å²) in [5, 5.41) is 8.73. The zero-order valence-electron chi connectivity index (χ0n) is 9.21. The highest BCUT2D eigenvalue weighted by Crippen LogP contribution is 2.24. The number of oxazole rings is 1. The molecule has 2 aromatic rings. The van der Waals surface area contributed by atoms with Crippen LogP contribution in [-0.4, -0.2) is 23.2 Å². The molecular weight excluding hydrogens is 222 g/mol. The highest BCUT2D eigenvalue weighted by molar-refractivity contribution is 5.73. The number of benzene rings is 1. The number of ether oxygens (including phenoxy) is 1. The lowest BCUT2D eigenvalue weighted by molar-refractivity contribution is -0.136. The molecule has 0 aliphatic heterocycles. The van der Waals surface area contributed by atoms with E-state index in [9.17, 15) is 4.79 Å². The maximum Gasteiger partial charge on any atom is 0.311 e. The summed E-state index contributed by atoms with van der Waals surface area (Å²) < 4.78 is 10.1. The minimum absolute atomic E-state index is 0.179. The van der Waals surface area contributed by atoms with Crippen LogP contribution in [0.1, 0.15) is 5.76 Å². The van der Waals surface area contributed by atoms with Crippen LogP contribution in [0.4, 0.5) is 0 Å². The third kappa shape index (κ3) is 2.44. The second-order valence-corrected chi connectivity index (χ2v) is 3.42. The van der Waals surface area contributed by atoms with Gasteiger partial charge in [-0.3, -0.25) is 4.79 Å². The first kappa shape index (κ1) is 11.2. The van der Waals surface area contributed by atoms with Crippen molar-refractivity contribution in [1.82, 2.24) is 4.98 Å². The maximum atomic E-state index is 10.6. The van der Waals surface area contributed by atoms with Crippen molar-refractivity contribution in [3.05, 3.63) is 36.4 Å². The van der Waals surface area contributed by atoms with Crippen molar-refractivity contribution < 1.29 is 19.1 Å². The van der Waals surface area contributed by atoms with Crippen LogP contribution in [-0.2, 0) is 11.2 Å². The minimum atomic E-state index is -0.948. The number of aromatic nitrogens is 1. The van der Waals surface area contributed by atoms with Gasteiger partial charge in [0.25, 0.3) is 0 Å². The monoisotopic (exact) mass is 233 g/mol. The summed E-state index contributed by atoms with van der Waals surface area (Å²) in [6.07, 6.45) is 1.07. The lowest BCUT2D eigenvalue weighted by Crippen LogP contribution is -2.00. The topological polar surface area (TPSA) is 72.6 Å². The van der Waals surface area contributed by atoms with Crippen molar-refractivity contribution in [1.29, 1.82) is 0 Å². The van der Waals surface area contributed by atoms with Crippen LogP contribution in [0.15, 0.2) is 35.1 Å². The number of hydrogen-bond donors (Lipinski definition) is 1. The standard InChI is InChI=1S/C12H11NO4/c1-16-9-4-2-8(3-5-9)12-10(6-11(14)15)17-7-13-12/h2-5,7H,6H2,1H3,(H,14,15). The van der Waals surface area contributed by atoms with E-state index in [0.29, 0.717) is 11.5 Å². The summed E-state index contributed by atoms with van der Waals surface area (Å²) in [7, 11) is 1.58. The lowest BCUT2D eigenvalue weighted by atomic mass is 10.1. The van der Waals surface area contributed by atoms with Crippen molar-refractivity contribution in [3.8, 4) is 17.0 Å². The van der Waals surface area contributed by atoms with Crippen molar-refractivity contribution >= 4 is 5.97 Å². The third-order valence-corrected chi connectivity index (χ3v) is 2.32. The third-order valence-electron chi connectivity index (χ3n) is 2.32. The molecule has 0 spiro atoms. The fourth-order valence-electron chi connectivity index (χ4n) is 1.52. The molecule has 0 aliphatic rings. The van der Waals surface area contributed by atoms with Gasteiger partial charge in [-0.15, -0.1) is 0 Å². The van der Waals surface area contributed by atoms with Crippen LogP contribution >= 0.6 is 0 Å². The van der Waals surface area contributed by atoms with Crippen molar-refractivity contribution in [2.45, 2.75) is 6.42 Å². The Kier molecular flexibility index (Phi) is 3.09. The van der Waals surface area contributed by atoms with Gasteiger partial charge in [0.05, 0.1) is 7.11 Å². The van der Waals surface area contributed by atoms with E-state index in [1.165, 1.54) is 6.39 Å². The predicted molar refractivity (Wildman–Crippen MR) is 59.8 cm³/mol. The fourth-order valence-corrected chi connectivity index (χ4v) is 1.52. The molecule has 5 heteroatoms. The zero-order chi connectivity index (χ0) is 12.3. The molecule has 17 heavy (non-hydrogen) atoms. The van der Waals surface area contributed by atoms with Crippen LogP contribution < -0.4 is 4.74 Å². The molecule has 0 fully saturated rings. The van der Waals surface area contributed by atoms with Gasteiger partial charge < -0.3 is 14.3 Å². The Morgan fingerprint density at radius 2 is 2.12 bits per heavy atom. The van der Waals surface area contributed by atoms with E-state index in [2.05, 4.69) is 4.98 Å². The van der Waals surface area contributed by atoms with Gasteiger partial charge in [-0.2, -0.15) is 0 Å². The number of hydrogen-bond acceptors (Lipinski definition) is 4. The Hall–Kier alpha value is -2.30. The lowest BCUT2D eigenvalue weighted by Gasteiger charge is -2.02. The average Bonchev–Trinajstić information content (AvgIpc) is 2.76. The molecule has 1 heterocycles. The Bertz CT molecular complexity index is 516. The number of carboxylic acid groups (broad SMARTS) is 1. The van der Waals surface area contributed by atoms with E-state index in [1.54, 1.807) is 19.2 Å². The van der Waals surface area contributed by atoms with Crippen molar-refractivity contribution in [2.24, 2.45) is 0 Å². The van der Waals surface area contributed by atoms with Gasteiger partial charge in [0.15, 0.2) is 6.39 Å². The smallest absolute Gasteiger partial charge is 0.311 e. The number of aliphatic carboxylic acids is 1. The van der Waals surface area contributed by atoms with E-state index in [4.69, 9.17) is 14.3 Å². The van der Waals surface area contributed by atoms with Gasteiger partial charge in [0.1, 0.15) is 23.6 Å². The Morgan fingerprint density at radius 1 is 1.41 bits per heavy atom. The Morgan fingerprint density at radius 3 is 2.71 bits per heavy atom. The van der Waals surface area contributed by atoms with Crippen molar-refractivity contribution in [3.63, 3.8) is 0 Å². The van der Waals surface area contributed by atoms with Crippen LogP contribution in [0.3, 0.4) is 0 Å². The quantitative estimate of drug-likeness (QED) is 0.874. The molecule has 0 saturated carbocycles. The largest absolute Gasteiger partial charge is 0.497 e. The van der Waals surface area contributed by atoms with Crippen LogP contribution in [0.25, 0.3) is 11.3 Å². The van der Waals surface area contributed by atoms with Gasteiger partial charge in [-0.05, 0) is 24.3 Å². The van der Waals surface area contributed by atoms with Gasteiger partial charge >= 0.3 is 5.97 Å². The van der Waals surface area contributed by atoms with E-state index >= 15 is 0 Å². The summed E-state index contributed by atoms with van der Waals surface area (Å²) in [5.41, 5.74) is 1.35. The van der Waals surface area contributed by atoms with E-state index < -0.39 is 5.97 Å². The first-order chi connectivity index (χ1) is 8.20. The zero-order valence-corrected chi connectivity index (χ0v) is 9.21. The minimum Gasteiger partial charge on any atom is -0.497 e. The molecular formula is C12H11NO4. The molecule has 1 aromatic carbocycles. The maximum absolute atomic E-state index is 10.6. The second kappa shape index (κ2) is 4.69. The van der Waals surface area contributed by atoms with Crippen LogP contribution in [0.5, 0.6) is 5.75 Å². The number of methoxy groups -OCH3 is 1. The number of rotatable bonds is 4. The predicted octanol–water partition coefficient (Wildman–Crippen LogP) is 1.98. The average molecular weight is 233 g/mol. The van der Waals surface area contributed by atoms with Gasteiger partial charge in [0, 0.05) is 5.56 Å². The van der Waals surface area contributed by atoms with Gasteiger partial charge in [-0.25, -0.2) is 4.98 Å². The van der Waals surface area contributed by atoms with E-state index in [-0.39, 0.29) is 6.42 Å². The summed E-state index contributed by atoms with van der Waals surface area (Å²) in [5.74, 6) is 0.135. The Labute approximate surface area is 97.7 Å². The Balaban J connectivity index is 2.32. The molecule has 0 saturated heterocycles. The van der Waals surface area contributed by atoms with E-state index in [1.807, 2.05) is 12.1 Å². The summed E-state index contributed by atoms with van der Waals surface area (Å²) in [6, 6.07) is 7.19. The second-order valence-electron chi connectivity index (χ2n) is 3.42. The number of nitrogens with zero attached hydrogens (tertiary/aromatic N) is 1. The molecule has 5 nitrogen and oxygen atoms in total. The number of carbonyl (C=O) groups is 1. The fraction of sp³-hybridized carbons (Fsp3) is 0.167. The summed E-state index contributed by atoms with van der Waals surface area (Å²) >= 11 is 0. The van der Waals surface area contributed by atoms with Crippen molar-refractivity contribution in [2.75, 3.05) is 7.11 Å². The van der Waals surface area contributed by atoms with Gasteiger partial charge in [-0.1, -0.05) is 0 Å². The molecule has 0 radical (unpaired) electrons. The molecule has 0 atom stereocenters. The normalized spacial score (nSPS) is 10.2. The highest BCUT2D eigenvalue weighted by atomic mass is 16.5. The molecule has 1 aromatic heterocycles. The van der Waals surface area contributed by atoms with Crippen LogP contribution in [0.2, 0.25) is 0 Å².